The smallest absolute Gasteiger partial charge is 0.224 e. The third-order valence-electron chi connectivity index (χ3n) is 2.16. The summed E-state index contributed by atoms with van der Waals surface area (Å²) in [5.74, 6) is -1.30. The molecule has 0 N–H and O–H groups in total. The van der Waals surface area contributed by atoms with Crippen molar-refractivity contribution in [3.8, 4) is 11.3 Å². The van der Waals surface area contributed by atoms with E-state index in [1.54, 1.807) is 0 Å². The van der Waals surface area contributed by atoms with E-state index in [4.69, 9.17) is 34.8 Å². The minimum absolute atomic E-state index is 0.0193. The monoisotopic (exact) mass is 326 g/mol. The number of benzene rings is 1. The highest BCUT2D eigenvalue weighted by Gasteiger charge is 2.35. The van der Waals surface area contributed by atoms with E-state index >= 15 is 0 Å². The van der Waals surface area contributed by atoms with E-state index in [0.29, 0.717) is 10.6 Å². The van der Waals surface area contributed by atoms with Gasteiger partial charge in [-0.1, -0.05) is 40.9 Å². The molecule has 0 aliphatic carbocycles. The fourth-order valence-corrected chi connectivity index (χ4v) is 1.83. The second kappa shape index (κ2) is 5.15. The van der Waals surface area contributed by atoms with Gasteiger partial charge in [-0.2, -0.15) is 13.2 Å². The molecule has 2 rings (SSSR count). The van der Waals surface area contributed by atoms with E-state index in [2.05, 4.69) is 9.97 Å². The van der Waals surface area contributed by atoms with Crippen molar-refractivity contribution in [1.29, 1.82) is 0 Å². The molecule has 1 aromatic heterocycles. The van der Waals surface area contributed by atoms with Gasteiger partial charge in [0.25, 0.3) is 0 Å². The highest BCUT2D eigenvalue weighted by Crippen LogP contribution is 2.32. The van der Waals surface area contributed by atoms with E-state index < -0.39 is 12.0 Å². The van der Waals surface area contributed by atoms with Crippen LogP contribution in [0.25, 0.3) is 11.3 Å². The van der Waals surface area contributed by atoms with Crippen molar-refractivity contribution in [2.45, 2.75) is 6.18 Å². The molecule has 0 amide bonds. The lowest BCUT2D eigenvalue weighted by atomic mass is 10.1. The molecule has 0 bridgehead atoms. The van der Waals surface area contributed by atoms with Crippen molar-refractivity contribution in [3.63, 3.8) is 0 Å². The number of aromatic nitrogens is 2. The first-order valence-electron chi connectivity index (χ1n) is 4.84. The lowest BCUT2D eigenvalue weighted by Crippen LogP contribution is -2.11. The summed E-state index contributed by atoms with van der Waals surface area (Å²) in [6, 6.07) is 5.58. The van der Waals surface area contributed by atoms with Gasteiger partial charge in [-0.3, -0.25) is 0 Å². The standard InChI is InChI=1S/C11H4Cl3F3N2/c12-6-2-1-5(3-7(6)13)8-4-9(14)19-10(18-8)11(15,16)17/h1-4H. The molecule has 0 fully saturated rings. The van der Waals surface area contributed by atoms with E-state index in [0.717, 1.165) is 0 Å². The minimum Gasteiger partial charge on any atom is -0.224 e. The largest absolute Gasteiger partial charge is 0.451 e. The fraction of sp³-hybridized carbons (Fsp3) is 0.0909. The van der Waals surface area contributed by atoms with Gasteiger partial charge in [0.05, 0.1) is 15.7 Å². The molecule has 2 nitrogen and oxygen atoms in total. The molecule has 1 heterocycles. The number of alkyl halides is 3. The zero-order valence-corrected chi connectivity index (χ0v) is 11.2. The van der Waals surface area contributed by atoms with Gasteiger partial charge in [-0.15, -0.1) is 0 Å². The summed E-state index contributed by atoms with van der Waals surface area (Å²) in [5, 5.41) is 0.201. The summed E-state index contributed by atoms with van der Waals surface area (Å²) in [7, 11) is 0. The quantitative estimate of drug-likeness (QED) is 0.679. The summed E-state index contributed by atoms with van der Waals surface area (Å²) >= 11 is 17.1. The van der Waals surface area contributed by atoms with Gasteiger partial charge in [0.1, 0.15) is 5.15 Å². The van der Waals surface area contributed by atoms with Gasteiger partial charge < -0.3 is 0 Å². The predicted octanol–water partition coefficient (Wildman–Crippen LogP) is 5.12. The molecule has 100 valence electrons. The number of hydrogen-bond acceptors (Lipinski definition) is 2. The number of nitrogens with zero attached hydrogens (tertiary/aromatic N) is 2. The second-order valence-corrected chi connectivity index (χ2v) is 4.73. The average Bonchev–Trinajstić information content (AvgIpc) is 2.31. The van der Waals surface area contributed by atoms with E-state index in [1.165, 1.54) is 24.3 Å². The molecular weight excluding hydrogens is 323 g/mol. The van der Waals surface area contributed by atoms with Crippen LogP contribution in [0.5, 0.6) is 0 Å². The van der Waals surface area contributed by atoms with Crippen LogP contribution in [0.3, 0.4) is 0 Å². The Morgan fingerprint density at radius 2 is 1.58 bits per heavy atom. The van der Waals surface area contributed by atoms with Gasteiger partial charge in [0.2, 0.25) is 5.82 Å². The minimum atomic E-state index is -4.67. The first-order chi connectivity index (χ1) is 8.77. The highest BCUT2D eigenvalue weighted by molar-refractivity contribution is 6.42. The molecule has 19 heavy (non-hydrogen) atoms. The van der Waals surface area contributed by atoms with Crippen LogP contribution >= 0.6 is 34.8 Å². The molecule has 0 atom stereocenters. The third kappa shape index (κ3) is 3.29. The normalized spacial score (nSPS) is 11.7. The lowest BCUT2D eigenvalue weighted by Gasteiger charge is -2.08. The van der Waals surface area contributed by atoms with Crippen molar-refractivity contribution < 1.29 is 13.2 Å². The summed E-state index contributed by atoms with van der Waals surface area (Å²) in [6.45, 7) is 0. The van der Waals surface area contributed by atoms with Gasteiger partial charge in [-0.25, -0.2) is 9.97 Å². The molecule has 0 radical (unpaired) electrons. The van der Waals surface area contributed by atoms with Crippen molar-refractivity contribution in [1.82, 2.24) is 9.97 Å². The number of rotatable bonds is 1. The zero-order valence-electron chi connectivity index (χ0n) is 8.97. The SMILES string of the molecule is FC(F)(F)c1nc(Cl)cc(-c2ccc(Cl)c(Cl)c2)n1. The molecule has 2 aromatic rings. The van der Waals surface area contributed by atoms with Crippen LogP contribution < -0.4 is 0 Å². The van der Waals surface area contributed by atoms with E-state index in [9.17, 15) is 13.2 Å². The van der Waals surface area contributed by atoms with Crippen molar-refractivity contribution in [2.24, 2.45) is 0 Å². The lowest BCUT2D eigenvalue weighted by molar-refractivity contribution is -0.144. The zero-order chi connectivity index (χ0) is 14.2. The van der Waals surface area contributed by atoms with Crippen LogP contribution in [-0.2, 0) is 6.18 Å². The first kappa shape index (κ1) is 14.4. The Morgan fingerprint density at radius 3 is 2.16 bits per heavy atom. The van der Waals surface area contributed by atoms with Crippen molar-refractivity contribution in [2.75, 3.05) is 0 Å². The number of halogens is 6. The van der Waals surface area contributed by atoms with Crippen LogP contribution in [0.2, 0.25) is 15.2 Å². The Bertz CT molecular complexity index is 629. The van der Waals surface area contributed by atoms with Crippen molar-refractivity contribution in [3.05, 3.63) is 45.3 Å². The first-order valence-corrected chi connectivity index (χ1v) is 5.98. The summed E-state index contributed by atoms with van der Waals surface area (Å²) < 4.78 is 37.7. The van der Waals surface area contributed by atoms with E-state index in [-0.39, 0.29) is 15.9 Å². The molecular formula is C11H4Cl3F3N2. The summed E-state index contributed by atoms with van der Waals surface area (Å²) in [4.78, 5) is 6.56. The average molecular weight is 328 g/mol. The Hall–Kier alpha value is -1.04. The molecule has 0 unspecified atom stereocenters. The Balaban J connectivity index is 2.56. The molecule has 8 heteroatoms. The topological polar surface area (TPSA) is 25.8 Å². The Kier molecular flexibility index (Phi) is 3.90. The van der Waals surface area contributed by atoms with Crippen LogP contribution in [0.1, 0.15) is 5.82 Å². The van der Waals surface area contributed by atoms with Crippen LogP contribution in [0.15, 0.2) is 24.3 Å². The molecule has 0 aliphatic heterocycles. The van der Waals surface area contributed by atoms with Crippen molar-refractivity contribution >= 4 is 34.8 Å². The summed E-state index contributed by atoms with van der Waals surface area (Å²) in [6.07, 6.45) is -4.67. The fourth-order valence-electron chi connectivity index (χ4n) is 1.35. The second-order valence-electron chi connectivity index (χ2n) is 3.53. The maximum Gasteiger partial charge on any atom is 0.451 e. The molecule has 1 aromatic carbocycles. The van der Waals surface area contributed by atoms with Crippen LogP contribution in [0, 0.1) is 0 Å². The van der Waals surface area contributed by atoms with E-state index in [1.807, 2.05) is 0 Å². The Labute approximate surface area is 121 Å². The maximum absolute atomic E-state index is 12.6. The van der Waals surface area contributed by atoms with Gasteiger partial charge >= 0.3 is 6.18 Å². The number of hydrogen-bond donors (Lipinski definition) is 0. The summed E-state index contributed by atoms with van der Waals surface area (Å²) in [5.41, 5.74) is 0.384. The van der Waals surface area contributed by atoms with Crippen LogP contribution in [-0.4, -0.2) is 9.97 Å². The third-order valence-corrected chi connectivity index (χ3v) is 3.10. The van der Waals surface area contributed by atoms with Gasteiger partial charge in [0.15, 0.2) is 0 Å². The highest BCUT2D eigenvalue weighted by atomic mass is 35.5. The molecule has 0 saturated carbocycles. The predicted molar refractivity (Wildman–Crippen MR) is 67.5 cm³/mol. The Morgan fingerprint density at radius 1 is 0.895 bits per heavy atom. The maximum atomic E-state index is 12.6. The molecule has 0 saturated heterocycles. The van der Waals surface area contributed by atoms with Gasteiger partial charge in [0, 0.05) is 11.6 Å². The van der Waals surface area contributed by atoms with Crippen LogP contribution in [0.4, 0.5) is 13.2 Å². The molecule has 0 aliphatic rings. The molecule has 0 spiro atoms. The van der Waals surface area contributed by atoms with Gasteiger partial charge in [-0.05, 0) is 12.1 Å².